The van der Waals surface area contributed by atoms with Crippen LogP contribution in [-0.4, -0.2) is 23.9 Å². The minimum absolute atomic E-state index is 0.0261. The molecule has 3 N–H and O–H groups in total. The van der Waals surface area contributed by atoms with Crippen molar-refractivity contribution in [2.24, 2.45) is 0 Å². The first-order valence-corrected chi connectivity index (χ1v) is 10.8. The van der Waals surface area contributed by atoms with Crippen LogP contribution in [0, 0.1) is 0 Å². The fraction of sp³-hybridized carbons (Fsp3) is 0.292. The highest BCUT2D eigenvalue weighted by Crippen LogP contribution is 2.31. The number of rotatable bonds is 8. The summed E-state index contributed by atoms with van der Waals surface area (Å²) < 4.78 is 76.2. The third kappa shape index (κ3) is 7.83. The van der Waals surface area contributed by atoms with Crippen LogP contribution in [-0.2, 0) is 19.3 Å². The topological polar surface area (TPSA) is 50.9 Å². The van der Waals surface area contributed by atoms with Crippen LogP contribution in [0.15, 0.2) is 54.7 Å². The van der Waals surface area contributed by atoms with E-state index in [1.165, 1.54) is 6.07 Å². The molecule has 0 saturated heterocycles. The van der Waals surface area contributed by atoms with Crippen LogP contribution >= 0.6 is 11.6 Å². The highest BCUT2D eigenvalue weighted by Gasteiger charge is 2.28. The summed E-state index contributed by atoms with van der Waals surface area (Å²) in [5.41, 5.74) is 9.24. The van der Waals surface area contributed by atoms with Crippen molar-refractivity contribution in [1.82, 2.24) is 4.98 Å². The van der Waals surface area contributed by atoms with Crippen LogP contribution in [0.1, 0.15) is 23.2 Å². The summed E-state index contributed by atoms with van der Waals surface area (Å²) in [6.45, 7) is 0.339. The van der Waals surface area contributed by atoms with Gasteiger partial charge in [-0.15, -0.1) is 0 Å². The molecule has 0 aliphatic carbocycles. The van der Waals surface area contributed by atoms with Crippen LogP contribution in [0.3, 0.4) is 0 Å². The molecule has 182 valence electrons. The van der Waals surface area contributed by atoms with Crippen LogP contribution in [0.5, 0.6) is 0 Å². The van der Waals surface area contributed by atoms with E-state index in [4.69, 9.17) is 17.3 Å². The highest BCUT2D eigenvalue weighted by molar-refractivity contribution is 6.31. The molecular formula is C24H22ClF6N3. The maximum Gasteiger partial charge on any atom is 0.393 e. The first-order valence-electron chi connectivity index (χ1n) is 10.4. The van der Waals surface area contributed by atoms with E-state index in [1.807, 2.05) is 0 Å². The van der Waals surface area contributed by atoms with Crippen molar-refractivity contribution in [2.45, 2.75) is 38.0 Å². The molecule has 0 aliphatic heterocycles. The normalized spacial score (nSPS) is 12.1. The molecule has 0 saturated carbocycles. The van der Waals surface area contributed by atoms with E-state index in [0.29, 0.717) is 41.2 Å². The number of pyridine rings is 1. The first-order chi connectivity index (χ1) is 15.9. The maximum atomic E-state index is 12.9. The number of hydrogen-bond donors (Lipinski definition) is 2. The summed E-state index contributed by atoms with van der Waals surface area (Å²) in [6, 6.07) is 13.3. The van der Waals surface area contributed by atoms with Gasteiger partial charge >= 0.3 is 12.4 Å². The summed E-state index contributed by atoms with van der Waals surface area (Å²) in [5, 5.41) is 3.25. The van der Waals surface area contributed by atoms with Crippen molar-refractivity contribution in [3.63, 3.8) is 0 Å². The minimum Gasteiger partial charge on any atom is -0.399 e. The van der Waals surface area contributed by atoms with Gasteiger partial charge in [0.15, 0.2) is 0 Å². The zero-order valence-electron chi connectivity index (χ0n) is 17.9. The third-order valence-electron chi connectivity index (χ3n) is 5.07. The largest absolute Gasteiger partial charge is 0.399 e. The molecule has 1 heterocycles. The van der Waals surface area contributed by atoms with Crippen molar-refractivity contribution < 1.29 is 26.3 Å². The Morgan fingerprint density at radius 2 is 1.59 bits per heavy atom. The molecule has 3 nitrogen and oxygen atoms in total. The van der Waals surface area contributed by atoms with Gasteiger partial charge in [0, 0.05) is 37.0 Å². The monoisotopic (exact) mass is 501 g/mol. The number of aromatic nitrogens is 1. The van der Waals surface area contributed by atoms with Crippen molar-refractivity contribution in [3.8, 4) is 11.1 Å². The van der Waals surface area contributed by atoms with Crippen LogP contribution in [0.4, 0.5) is 37.7 Å². The molecule has 0 bridgehead atoms. The fourth-order valence-electron chi connectivity index (χ4n) is 3.47. The van der Waals surface area contributed by atoms with Gasteiger partial charge in [-0.1, -0.05) is 29.8 Å². The average Bonchev–Trinajstić information content (AvgIpc) is 2.73. The van der Waals surface area contributed by atoms with E-state index < -0.39 is 25.2 Å². The third-order valence-corrected chi connectivity index (χ3v) is 5.40. The lowest BCUT2D eigenvalue weighted by atomic mass is 9.95. The molecule has 0 unspecified atom stereocenters. The van der Waals surface area contributed by atoms with E-state index in [9.17, 15) is 26.3 Å². The van der Waals surface area contributed by atoms with Crippen LogP contribution < -0.4 is 11.1 Å². The number of nitrogens with one attached hydrogen (secondary N) is 1. The first kappa shape index (κ1) is 25.7. The smallest absolute Gasteiger partial charge is 0.393 e. The van der Waals surface area contributed by atoms with Crippen LogP contribution in [0.25, 0.3) is 11.1 Å². The van der Waals surface area contributed by atoms with Gasteiger partial charge in [0.05, 0.1) is 17.1 Å². The Kier molecular flexibility index (Phi) is 7.97. The number of anilines is 2. The quantitative estimate of drug-likeness (QED) is 0.253. The lowest BCUT2D eigenvalue weighted by molar-refractivity contribution is -0.134. The average molecular weight is 502 g/mol. The molecule has 1 aromatic heterocycles. The Hall–Kier alpha value is -2.94. The Bertz CT molecular complexity index is 1110. The van der Waals surface area contributed by atoms with E-state index in [1.54, 1.807) is 42.5 Å². The van der Waals surface area contributed by atoms with Crippen molar-refractivity contribution in [2.75, 3.05) is 17.6 Å². The molecule has 0 radical (unpaired) electrons. The molecule has 0 aliphatic rings. The van der Waals surface area contributed by atoms with E-state index >= 15 is 0 Å². The van der Waals surface area contributed by atoms with Crippen molar-refractivity contribution >= 4 is 23.0 Å². The van der Waals surface area contributed by atoms with E-state index in [-0.39, 0.29) is 17.0 Å². The predicted molar refractivity (Wildman–Crippen MR) is 122 cm³/mol. The van der Waals surface area contributed by atoms with Gasteiger partial charge < -0.3 is 11.1 Å². The molecule has 2 aromatic carbocycles. The summed E-state index contributed by atoms with van der Waals surface area (Å²) in [5.74, 6) is 0. The number of nitrogens with two attached hydrogens (primary N) is 1. The Morgan fingerprint density at radius 1 is 0.882 bits per heavy atom. The summed E-state index contributed by atoms with van der Waals surface area (Å²) in [7, 11) is 0. The summed E-state index contributed by atoms with van der Waals surface area (Å²) in [4.78, 5) is 4.02. The second kappa shape index (κ2) is 10.5. The fourth-order valence-corrected chi connectivity index (χ4v) is 3.76. The summed E-state index contributed by atoms with van der Waals surface area (Å²) in [6.07, 6.45) is -9.43. The Morgan fingerprint density at radius 3 is 2.21 bits per heavy atom. The molecule has 34 heavy (non-hydrogen) atoms. The molecule has 0 amide bonds. The number of halogens is 7. The van der Waals surface area contributed by atoms with Crippen molar-refractivity contribution in [1.29, 1.82) is 0 Å². The van der Waals surface area contributed by atoms with Gasteiger partial charge in [-0.05, 0) is 59.0 Å². The maximum absolute atomic E-state index is 12.9. The zero-order chi connectivity index (χ0) is 24.9. The molecule has 0 atom stereocenters. The van der Waals surface area contributed by atoms with E-state index in [2.05, 4.69) is 10.3 Å². The number of benzene rings is 2. The predicted octanol–water partition coefficient (Wildman–Crippen LogP) is 7.24. The van der Waals surface area contributed by atoms with E-state index in [0.717, 1.165) is 11.8 Å². The van der Waals surface area contributed by atoms with Gasteiger partial charge in [0.1, 0.15) is 0 Å². The van der Waals surface area contributed by atoms with Gasteiger partial charge in [0.25, 0.3) is 0 Å². The SMILES string of the molecule is Nc1ccc(-c2ccc(NCCc3ncc(CC(F)(F)F)cc3Cl)cc2CCC(F)(F)F)cc1. The molecule has 0 spiro atoms. The number of aryl methyl sites for hydroxylation is 1. The second-order valence-corrected chi connectivity index (χ2v) is 8.26. The molecule has 10 heteroatoms. The summed E-state index contributed by atoms with van der Waals surface area (Å²) >= 11 is 6.08. The van der Waals surface area contributed by atoms with Gasteiger partial charge in [-0.2, -0.15) is 26.3 Å². The molecule has 3 rings (SSSR count). The second-order valence-electron chi connectivity index (χ2n) is 7.85. The van der Waals surface area contributed by atoms with Gasteiger partial charge in [-0.25, -0.2) is 0 Å². The number of hydrogen-bond acceptors (Lipinski definition) is 3. The number of nitrogens with zero attached hydrogens (tertiary/aromatic N) is 1. The van der Waals surface area contributed by atoms with Gasteiger partial charge in [0.2, 0.25) is 0 Å². The Labute approximate surface area is 198 Å². The molecule has 3 aromatic rings. The van der Waals surface area contributed by atoms with Crippen molar-refractivity contribution in [3.05, 3.63) is 76.6 Å². The minimum atomic E-state index is -4.35. The van der Waals surface area contributed by atoms with Gasteiger partial charge in [-0.3, -0.25) is 4.98 Å². The molecule has 0 fully saturated rings. The molecular weight excluding hydrogens is 480 g/mol. The zero-order valence-corrected chi connectivity index (χ0v) is 18.7. The lowest BCUT2D eigenvalue weighted by Gasteiger charge is -2.15. The lowest BCUT2D eigenvalue weighted by Crippen LogP contribution is -2.12. The van der Waals surface area contributed by atoms with Crippen LogP contribution in [0.2, 0.25) is 5.02 Å². The number of alkyl halides is 6. The highest BCUT2D eigenvalue weighted by atomic mass is 35.5. The number of nitrogen functional groups attached to an aromatic ring is 1. The Balaban J connectivity index is 1.71. The standard InChI is InChI=1S/C24H22ClF6N3/c25-21-11-15(13-24(29,30)31)14-34-22(21)8-10-33-19-5-6-20(16-1-3-18(32)4-2-16)17(12-19)7-9-23(26,27)28/h1-6,11-12,14,33H,7-10,13,32H2.